The van der Waals surface area contributed by atoms with E-state index in [2.05, 4.69) is 5.32 Å². The van der Waals surface area contributed by atoms with Crippen LogP contribution in [0.5, 0.6) is 0 Å². The molecule has 1 fully saturated rings. The molecule has 1 saturated carbocycles. The van der Waals surface area contributed by atoms with Crippen LogP contribution >= 0.6 is 0 Å². The van der Waals surface area contributed by atoms with Crippen LogP contribution < -0.4 is 11.1 Å². The van der Waals surface area contributed by atoms with Gasteiger partial charge in [0.15, 0.2) is 23.3 Å². The summed E-state index contributed by atoms with van der Waals surface area (Å²) in [5, 5.41) is 2.48. The Hall–Kier alpha value is -1.30. The van der Waals surface area contributed by atoms with Gasteiger partial charge in [-0.3, -0.25) is 0 Å². The molecule has 94 valence electrons. The van der Waals surface area contributed by atoms with Crippen molar-refractivity contribution in [3.8, 4) is 0 Å². The SMILES string of the molecule is NC1CCC(Nc2c(F)c(F)cc(F)c2F)C1. The molecule has 0 bridgehead atoms. The second kappa shape index (κ2) is 4.52. The summed E-state index contributed by atoms with van der Waals surface area (Å²) < 4.78 is 52.5. The minimum absolute atomic E-state index is 0.0444. The minimum atomic E-state index is -1.41. The quantitative estimate of drug-likeness (QED) is 0.623. The largest absolute Gasteiger partial charge is 0.377 e. The number of halogens is 4. The van der Waals surface area contributed by atoms with E-state index >= 15 is 0 Å². The number of nitrogens with two attached hydrogens (primary N) is 1. The number of hydrogen-bond acceptors (Lipinski definition) is 2. The number of anilines is 1. The predicted molar refractivity (Wildman–Crippen MR) is 55.5 cm³/mol. The van der Waals surface area contributed by atoms with Crippen molar-refractivity contribution in [3.05, 3.63) is 29.3 Å². The average Bonchev–Trinajstić information content (AvgIpc) is 2.68. The van der Waals surface area contributed by atoms with E-state index in [0.29, 0.717) is 12.8 Å². The summed E-state index contributed by atoms with van der Waals surface area (Å²) in [5.41, 5.74) is 4.89. The summed E-state index contributed by atoms with van der Waals surface area (Å²) in [6, 6.07) is -0.108. The fraction of sp³-hybridized carbons (Fsp3) is 0.455. The molecule has 2 nitrogen and oxygen atoms in total. The molecule has 2 unspecified atom stereocenters. The molecular weight excluding hydrogens is 236 g/mol. The molecule has 0 aromatic heterocycles. The zero-order valence-electron chi connectivity index (χ0n) is 8.94. The van der Waals surface area contributed by atoms with Gasteiger partial charge in [-0.1, -0.05) is 0 Å². The minimum Gasteiger partial charge on any atom is -0.377 e. The second-order valence-corrected chi connectivity index (χ2v) is 4.26. The molecule has 0 amide bonds. The molecule has 0 heterocycles. The van der Waals surface area contributed by atoms with Crippen LogP contribution in [-0.2, 0) is 0 Å². The number of benzene rings is 1. The number of nitrogens with one attached hydrogen (secondary N) is 1. The summed E-state index contributed by atoms with van der Waals surface area (Å²) in [7, 11) is 0. The highest BCUT2D eigenvalue weighted by atomic mass is 19.2. The second-order valence-electron chi connectivity index (χ2n) is 4.26. The van der Waals surface area contributed by atoms with E-state index in [-0.39, 0.29) is 18.2 Å². The first-order valence-electron chi connectivity index (χ1n) is 5.34. The Balaban J connectivity index is 2.26. The van der Waals surface area contributed by atoms with Gasteiger partial charge >= 0.3 is 0 Å². The molecule has 2 atom stereocenters. The van der Waals surface area contributed by atoms with Gasteiger partial charge in [-0.2, -0.15) is 0 Å². The molecule has 3 N–H and O–H groups in total. The Kier molecular flexibility index (Phi) is 3.24. The van der Waals surface area contributed by atoms with Gasteiger partial charge in [-0.15, -0.1) is 0 Å². The van der Waals surface area contributed by atoms with Crippen LogP contribution in [0.1, 0.15) is 19.3 Å². The van der Waals surface area contributed by atoms with E-state index in [1.54, 1.807) is 0 Å². The average molecular weight is 248 g/mol. The fourth-order valence-electron chi connectivity index (χ4n) is 2.05. The lowest BCUT2D eigenvalue weighted by Crippen LogP contribution is -2.22. The third-order valence-electron chi connectivity index (χ3n) is 2.93. The van der Waals surface area contributed by atoms with Crippen molar-refractivity contribution in [1.82, 2.24) is 0 Å². The highest BCUT2D eigenvalue weighted by Gasteiger charge is 2.26. The lowest BCUT2D eigenvalue weighted by molar-refractivity contribution is 0.456. The Morgan fingerprint density at radius 3 is 2.12 bits per heavy atom. The van der Waals surface area contributed by atoms with Crippen LogP contribution in [0, 0.1) is 23.3 Å². The zero-order valence-corrected chi connectivity index (χ0v) is 8.94. The summed E-state index contributed by atoms with van der Waals surface area (Å²) in [4.78, 5) is 0. The normalized spacial score (nSPS) is 24.1. The Labute approximate surface area is 95.8 Å². The number of hydrogen-bond donors (Lipinski definition) is 2. The molecule has 0 aliphatic heterocycles. The third-order valence-corrected chi connectivity index (χ3v) is 2.93. The van der Waals surface area contributed by atoms with E-state index in [1.165, 1.54) is 0 Å². The molecule has 1 aliphatic carbocycles. The summed E-state index contributed by atoms with van der Waals surface area (Å²) >= 11 is 0. The van der Waals surface area contributed by atoms with Gasteiger partial charge in [0, 0.05) is 18.2 Å². The first kappa shape index (κ1) is 12.2. The van der Waals surface area contributed by atoms with E-state index < -0.39 is 29.0 Å². The van der Waals surface area contributed by atoms with E-state index in [0.717, 1.165) is 6.42 Å². The van der Waals surface area contributed by atoms with Crippen LogP contribution in [0.3, 0.4) is 0 Å². The molecule has 1 aliphatic rings. The monoisotopic (exact) mass is 248 g/mol. The summed E-state index contributed by atoms with van der Waals surface area (Å²) in [6.45, 7) is 0. The maximum atomic E-state index is 13.3. The van der Waals surface area contributed by atoms with Crippen molar-refractivity contribution in [2.24, 2.45) is 5.73 Å². The van der Waals surface area contributed by atoms with Crippen molar-refractivity contribution in [2.45, 2.75) is 31.3 Å². The smallest absolute Gasteiger partial charge is 0.185 e. The lowest BCUT2D eigenvalue weighted by atomic mass is 10.2. The van der Waals surface area contributed by atoms with Gasteiger partial charge in [0.2, 0.25) is 0 Å². The first-order valence-corrected chi connectivity index (χ1v) is 5.34. The van der Waals surface area contributed by atoms with Crippen molar-refractivity contribution in [3.63, 3.8) is 0 Å². The van der Waals surface area contributed by atoms with Gasteiger partial charge in [0.05, 0.1) is 0 Å². The molecule has 2 rings (SSSR count). The Bertz CT molecular complexity index is 410. The fourth-order valence-corrected chi connectivity index (χ4v) is 2.05. The van der Waals surface area contributed by atoms with Crippen molar-refractivity contribution < 1.29 is 17.6 Å². The van der Waals surface area contributed by atoms with E-state index in [4.69, 9.17) is 5.73 Å². The molecule has 1 aromatic carbocycles. The number of rotatable bonds is 2. The molecule has 17 heavy (non-hydrogen) atoms. The first-order chi connectivity index (χ1) is 7.99. The summed E-state index contributed by atoms with van der Waals surface area (Å²) in [5.74, 6) is -5.61. The summed E-state index contributed by atoms with van der Waals surface area (Å²) in [6.07, 6.45) is 1.87. The Morgan fingerprint density at radius 1 is 1.06 bits per heavy atom. The predicted octanol–water partition coefficient (Wildman–Crippen LogP) is 2.53. The standard InChI is InChI=1S/C11H12F4N2/c12-7-4-8(13)10(15)11(9(7)14)17-6-2-1-5(16)3-6/h4-6,17H,1-3,16H2. The molecular formula is C11H12F4N2. The molecule has 0 radical (unpaired) electrons. The van der Waals surface area contributed by atoms with Gasteiger partial charge in [-0.25, -0.2) is 17.6 Å². The zero-order chi connectivity index (χ0) is 12.6. The van der Waals surface area contributed by atoms with Crippen molar-refractivity contribution in [1.29, 1.82) is 0 Å². The molecule has 0 saturated heterocycles. The van der Waals surface area contributed by atoms with Crippen LogP contribution in [0.4, 0.5) is 23.2 Å². The topological polar surface area (TPSA) is 38.0 Å². The van der Waals surface area contributed by atoms with Gasteiger partial charge in [0.25, 0.3) is 0 Å². The Morgan fingerprint density at radius 2 is 1.65 bits per heavy atom. The molecule has 0 spiro atoms. The highest BCUT2D eigenvalue weighted by Crippen LogP contribution is 2.28. The van der Waals surface area contributed by atoms with Crippen LogP contribution in [0.15, 0.2) is 6.07 Å². The lowest BCUT2D eigenvalue weighted by Gasteiger charge is -2.15. The van der Waals surface area contributed by atoms with Crippen LogP contribution in [-0.4, -0.2) is 12.1 Å². The van der Waals surface area contributed by atoms with E-state index in [1.807, 2.05) is 0 Å². The molecule has 6 heteroatoms. The van der Waals surface area contributed by atoms with Crippen LogP contribution in [0.25, 0.3) is 0 Å². The third kappa shape index (κ3) is 2.36. The van der Waals surface area contributed by atoms with E-state index in [9.17, 15) is 17.6 Å². The van der Waals surface area contributed by atoms with Gasteiger partial charge < -0.3 is 11.1 Å². The van der Waals surface area contributed by atoms with Crippen molar-refractivity contribution >= 4 is 5.69 Å². The molecule has 1 aromatic rings. The van der Waals surface area contributed by atoms with Crippen LogP contribution in [0.2, 0.25) is 0 Å². The van der Waals surface area contributed by atoms with Gasteiger partial charge in [0.1, 0.15) is 5.69 Å². The van der Waals surface area contributed by atoms with Crippen molar-refractivity contribution in [2.75, 3.05) is 5.32 Å². The maximum Gasteiger partial charge on any atom is 0.185 e. The maximum absolute atomic E-state index is 13.3. The highest BCUT2D eigenvalue weighted by molar-refractivity contribution is 5.48. The van der Waals surface area contributed by atoms with Gasteiger partial charge in [-0.05, 0) is 19.3 Å².